The van der Waals surface area contributed by atoms with E-state index in [4.69, 9.17) is 4.74 Å². The van der Waals surface area contributed by atoms with Crippen LogP contribution in [0, 0.1) is 0 Å². The van der Waals surface area contributed by atoms with E-state index in [0.717, 1.165) is 15.8 Å². The Labute approximate surface area is 119 Å². The van der Waals surface area contributed by atoms with Crippen molar-refractivity contribution in [3.63, 3.8) is 0 Å². The molecule has 2 nitrogen and oxygen atoms in total. The van der Waals surface area contributed by atoms with E-state index < -0.39 is 0 Å². The highest BCUT2D eigenvalue weighted by atomic mass is 79.9. The molecule has 0 radical (unpaired) electrons. The van der Waals surface area contributed by atoms with Gasteiger partial charge in [0.25, 0.3) is 0 Å². The Hall–Kier alpha value is -0.840. The van der Waals surface area contributed by atoms with E-state index in [1.807, 2.05) is 35.7 Å². The average Bonchev–Trinajstić information content (AvgIpc) is 2.82. The molecule has 1 aromatic carbocycles. The number of halogens is 1. The van der Waals surface area contributed by atoms with E-state index in [1.54, 1.807) is 18.4 Å². The minimum Gasteiger partial charge on any atom is -0.496 e. The Kier molecular flexibility index (Phi) is 4.80. The highest BCUT2D eigenvalue weighted by molar-refractivity contribution is 9.10. The molecule has 0 saturated heterocycles. The lowest BCUT2D eigenvalue weighted by atomic mass is 10.0. The predicted octanol–water partition coefficient (Wildman–Crippen LogP) is 3.67. The standard InChI is InChI=1S/C14H15BrO2S/c1-17-14-5-4-11(15)7-10(14)8-12(16)9-13-3-2-6-18-13/h2-7,12,16H,8-9H2,1H3. The lowest BCUT2D eigenvalue weighted by Gasteiger charge is -2.13. The molecule has 1 atom stereocenters. The molecule has 0 bridgehead atoms. The second kappa shape index (κ2) is 6.36. The van der Waals surface area contributed by atoms with Crippen LogP contribution in [0.4, 0.5) is 0 Å². The zero-order valence-corrected chi connectivity index (χ0v) is 12.5. The van der Waals surface area contributed by atoms with Gasteiger partial charge >= 0.3 is 0 Å². The molecule has 1 aromatic heterocycles. The van der Waals surface area contributed by atoms with Gasteiger partial charge in [0.1, 0.15) is 5.75 Å². The Balaban J connectivity index is 2.06. The minimum atomic E-state index is -0.383. The number of aliphatic hydroxyl groups excluding tert-OH is 1. The summed E-state index contributed by atoms with van der Waals surface area (Å²) in [6.45, 7) is 0. The van der Waals surface area contributed by atoms with Crippen molar-refractivity contribution in [3.8, 4) is 5.75 Å². The summed E-state index contributed by atoms with van der Waals surface area (Å²) in [5.74, 6) is 0.823. The Morgan fingerprint density at radius 2 is 2.17 bits per heavy atom. The number of ether oxygens (including phenoxy) is 1. The van der Waals surface area contributed by atoms with Gasteiger partial charge in [0.15, 0.2) is 0 Å². The van der Waals surface area contributed by atoms with E-state index in [1.165, 1.54) is 4.88 Å². The summed E-state index contributed by atoms with van der Waals surface area (Å²) in [5, 5.41) is 12.2. The van der Waals surface area contributed by atoms with Crippen LogP contribution in [-0.4, -0.2) is 18.3 Å². The summed E-state index contributed by atoms with van der Waals surface area (Å²) in [6.07, 6.45) is 0.903. The quantitative estimate of drug-likeness (QED) is 0.908. The number of rotatable bonds is 5. The number of hydrogen-bond donors (Lipinski definition) is 1. The molecular weight excluding hydrogens is 312 g/mol. The third-order valence-electron chi connectivity index (χ3n) is 2.71. The summed E-state index contributed by atoms with van der Waals surface area (Å²) in [5.41, 5.74) is 1.02. The third kappa shape index (κ3) is 3.57. The molecule has 96 valence electrons. The van der Waals surface area contributed by atoms with Crippen LogP contribution in [0.2, 0.25) is 0 Å². The van der Waals surface area contributed by atoms with Crippen LogP contribution in [-0.2, 0) is 12.8 Å². The van der Waals surface area contributed by atoms with Crippen molar-refractivity contribution in [2.24, 2.45) is 0 Å². The molecule has 1 unspecified atom stereocenters. The normalized spacial score (nSPS) is 12.4. The van der Waals surface area contributed by atoms with E-state index in [-0.39, 0.29) is 6.10 Å². The number of benzene rings is 1. The fourth-order valence-electron chi connectivity index (χ4n) is 1.89. The molecule has 0 saturated carbocycles. The molecule has 2 rings (SSSR count). The maximum Gasteiger partial charge on any atom is 0.122 e. The van der Waals surface area contributed by atoms with Crippen LogP contribution in [0.15, 0.2) is 40.2 Å². The van der Waals surface area contributed by atoms with Crippen LogP contribution >= 0.6 is 27.3 Å². The first-order valence-corrected chi connectivity index (χ1v) is 7.39. The number of aliphatic hydroxyl groups is 1. The van der Waals surface area contributed by atoms with Gasteiger partial charge in [-0.1, -0.05) is 22.0 Å². The maximum absolute atomic E-state index is 10.1. The predicted molar refractivity (Wildman–Crippen MR) is 78.4 cm³/mol. The Morgan fingerprint density at radius 1 is 1.33 bits per heavy atom. The highest BCUT2D eigenvalue weighted by Gasteiger charge is 2.11. The van der Waals surface area contributed by atoms with Crippen LogP contribution in [0.1, 0.15) is 10.4 Å². The van der Waals surface area contributed by atoms with Crippen molar-refractivity contribution in [1.82, 2.24) is 0 Å². The fraction of sp³-hybridized carbons (Fsp3) is 0.286. The van der Waals surface area contributed by atoms with Gasteiger partial charge in [-0.3, -0.25) is 0 Å². The van der Waals surface area contributed by atoms with Crippen molar-refractivity contribution in [2.45, 2.75) is 18.9 Å². The smallest absolute Gasteiger partial charge is 0.122 e. The molecule has 2 aromatic rings. The summed E-state index contributed by atoms with van der Waals surface area (Å²) in [7, 11) is 1.65. The summed E-state index contributed by atoms with van der Waals surface area (Å²) >= 11 is 5.12. The summed E-state index contributed by atoms with van der Waals surface area (Å²) < 4.78 is 6.31. The van der Waals surface area contributed by atoms with Crippen molar-refractivity contribution < 1.29 is 9.84 Å². The van der Waals surface area contributed by atoms with Crippen LogP contribution in [0.25, 0.3) is 0 Å². The fourth-order valence-corrected chi connectivity index (χ4v) is 3.08. The largest absolute Gasteiger partial charge is 0.496 e. The number of hydrogen-bond acceptors (Lipinski definition) is 3. The van der Waals surface area contributed by atoms with Crippen LogP contribution in [0.5, 0.6) is 5.75 Å². The molecular formula is C14H15BrO2S. The van der Waals surface area contributed by atoms with E-state index in [0.29, 0.717) is 12.8 Å². The van der Waals surface area contributed by atoms with Gasteiger partial charge in [0.2, 0.25) is 0 Å². The molecule has 1 N–H and O–H groups in total. The first kappa shape index (κ1) is 13.6. The summed E-state index contributed by atoms with van der Waals surface area (Å²) in [4.78, 5) is 1.21. The van der Waals surface area contributed by atoms with E-state index in [2.05, 4.69) is 15.9 Å². The molecule has 1 heterocycles. The molecule has 0 aliphatic heterocycles. The zero-order valence-electron chi connectivity index (χ0n) is 10.1. The minimum absolute atomic E-state index is 0.383. The zero-order chi connectivity index (χ0) is 13.0. The number of methoxy groups -OCH3 is 1. The average molecular weight is 327 g/mol. The second-order valence-corrected chi connectivity index (χ2v) is 6.05. The molecule has 0 aliphatic rings. The van der Waals surface area contributed by atoms with Gasteiger partial charge in [-0.05, 0) is 35.2 Å². The third-order valence-corrected chi connectivity index (χ3v) is 4.11. The monoisotopic (exact) mass is 326 g/mol. The van der Waals surface area contributed by atoms with E-state index in [9.17, 15) is 5.11 Å². The van der Waals surface area contributed by atoms with Crippen molar-refractivity contribution in [1.29, 1.82) is 0 Å². The van der Waals surface area contributed by atoms with Crippen LogP contribution in [0.3, 0.4) is 0 Å². The van der Waals surface area contributed by atoms with Crippen LogP contribution < -0.4 is 4.74 Å². The summed E-state index contributed by atoms with van der Waals surface area (Å²) in [6, 6.07) is 9.90. The molecule has 18 heavy (non-hydrogen) atoms. The second-order valence-electron chi connectivity index (χ2n) is 4.10. The molecule has 0 spiro atoms. The Bertz CT molecular complexity index is 497. The maximum atomic E-state index is 10.1. The SMILES string of the molecule is COc1ccc(Br)cc1CC(O)Cc1cccs1. The Morgan fingerprint density at radius 3 is 2.83 bits per heavy atom. The molecule has 0 amide bonds. The molecule has 0 fully saturated rings. The molecule has 0 aliphatic carbocycles. The van der Waals surface area contributed by atoms with Gasteiger partial charge < -0.3 is 9.84 Å². The van der Waals surface area contributed by atoms with Crippen molar-refractivity contribution in [2.75, 3.05) is 7.11 Å². The topological polar surface area (TPSA) is 29.5 Å². The van der Waals surface area contributed by atoms with Gasteiger partial charge in [-0.25, -0.2) is 0 Å². The van der Waals surface area contributed by atoms with Gasteiger partial charge in [0.05, 0.1) is 13.2 Å². The van der Waals surface area contributed by atoms with Crippen molar-refractivity contribution in [3.05, 3.63) is 50.6 Å². The van der Waals surface area contributed by atoms with Gasteiger partial charge in [-0.15, -0.1) is 11.3 Å². The van der Waals surface area contributed by atoms with Gasteiger partial charge in [0, 0.05) is 22.2 Å². The first-order chi connectivity index (χ1) is 8.69. The first-order valence-electron chi connectivity index (χ1n) is 5.72. The van der Waals surface area contributed by atoms with Gasteiger partial charge in [-0.2, -0.15) is 0 Å². The van der Waals surface area contributed by atoms with E-state index >= 15 is 0 Å². The lowest BCUT2D eigenvalue weighted by Crippen LogP contribution is -2.13. The lowest BCUT2D eigenvalue weighted by molar-refractivity contribution is 0.175. The number of thiophene rings is 1. The molecule has 4 heteroatoms. The van der Waals surface area contributed by atoms with Crippen molar-refractivity contribution >= 4 is 27.3 Å². The highest BCUT2D eigenvalue weighted by Crippen LogP contribution is 2.25.